The Labute approximate surface area is 168 Å². The third-order valence-corrected chi connectivity index (χ3v) is 5.22. The summed E-state index contributed by atoms with van der Waals surface area (Å²) in [5, 5.41) is 7.17. The maximum atomic E-state index is 14.2. The number of carbonyl (C=O) groups is 1. The number of hydrogen-bond donors (Lipinski definition) is 1. The molecule has 0 spiro atoms. The highest BCUT2D eigenvalue weighted by Crippen LogP contribution is 2.41. The molecule has 5 nitrogen and oxygen atoms in total. The second-order valence-electron chi connectivity index (χ2n) is 7.56. The first kappa shape index (κ1) is 19.1. The van der Waals surface area contributed by atoms with Gasteiger partial charge in [0.05, 0.1) is 6.04 Å². The topological polar surface area (TPSA) is 64.0 Å². The van der Waals surface area contributed by atoms with Crippen LogP contribution in [0, 0.1) is 25.6 Å². The van der Waals surface area contributed by atoms with Gasteiger partial charge in [-0.25, -0.2) is 9.07 Å². The number of carbonyl (C=O) groups excluding carboxylic acids is 1. The zero-order chi connectivity index (χ0) is 20.5. The molecular weight excluding hydrogens is 369 g/mol. The third-order valence-electron chi connectivity index (χ3n) is 5.22. The highest BCUT2D eigenvalue weighted by molar-refractivity contribution is 5.92. The maximum Gasteiger partial charge on any atom is 0.276 e. The van der Waals surface area contributed by atoms with Crippen molar-refractivity contribution >= 4 is 5.91 Å². The van der Waals surface area contributed by atoms with Gasteiger partial charge in [-0.2, -0.15) is 5.10 Å². The Kier molecular flexibility index (Phi) is 5.01. The number of benzene rings is 2. The number of rotatable bonds is 5. The number of nitrogens with zero attached hydrogens (tertiary/aromatic N) is 2. The molecule has 1 atom stereocenters. The molecule has 3 aromatic rings. The molecule has 1 amide bonds. The van der Waals surface area contributed by atoms with E-state index in [1.54, 1.807) is 25.1 Å². The van der Waals surface area contributed by atoms with Crippen molar-refractivity contribution in [1.82, 2.24) is 15.1 Å². The van der Waals surface area contributed by atoms with Gasteiger partial charge < -0.3 is 5.32 Å². The van der Waals surface area contributed by atoms with E-state index in [-0.39, 0.29) is 17.4 Å². The summed E-state index contributed by atoms with van der Waals surface area (Å²) in [7, 11) is 0. The molecule has 1 N–H and O–H groups in total. The number of para-hydroxylation sites is 1. The average Bonchev–Trinajstić information content (AvgIpc) is 3.53. The molecule has 1 heterocycles. The van der Waals surface area contributed by atoms with E-state index in [1.807, 2.05) is 31.2 Å². The van der Waals surface area contributed by atoms with Gasteiger partial charge in [-0.15, -0.1) is 0 Å². The van der Waals surface area contributed by atoms with Crippen molar-refractivity contribution in [3.05, 3.63) is 93.2 Å². The number of aromatic nitrogens is 2. The van der Waals surface area contributed by atoms with E-state index in [9.17, 15) is 14.0 Å². The Morgan fingerprint density at radius 2 is 1.83 bits per heavy atom. The summed E-state index contributed by atoms with van der Waals surface area (Å²) in [6, 6.07) is 15.3. The smallest absolute Gasteiger partial charge is 0.276 e. The van der Waals surface area contributed by atoms with Crippen molar-refractivity contribution in [2.75, 3.05) is 0 Å². The first-order valence-corrected chi connectivity index (χ1v) is 9.67. The fourth-order valence-electron chi connectivity index (χ4n) is 3.46. The third kappa shape index (κ3) is 3.97. The maximum absolute atomic E-state index is 14.2. The molecule has 6 heteroatoms. The standard InChI is InChI=1S/C23H22FN3O2/c1-14-7-9-16(10-8-14)21(17-11-12-17)25-23(29)22-20(28)13-15(2)27(26-22)19-6-4-3-5-18(19)24/h3-10,13,17,21H,11-12H2,1-2H3,(H,25,29). The van der Waals surface area contributed by atoms with E-state index in [0.717, 1.165) is 24.0 Å². The molecule has 0 bridgehead atoms. The number of halogens is 1. The lowest BCUT2D eigenvalue weighted by Crippen LogP contribution is -2.35. The Morgan fingerprint density at radius 3 is 2.48 bits per heavy atom. The van der Waals surface area contributed by atoms with Crippen LogP contribution < -0.4 is 10.7 Å². The van der Waals surface area contributed by atoms with Crippen molar-refractivity contribution < 1.29 is 9.18 Å². The minimum absolute atomic E-state index is 0.174. The Hall–Kier alpha value is -3.28. The summed E-state index contributed by atoms with van der Waals surface area (Å²) >= 11 is 0. The zero-order valence-electron chi connectivity index (χ0n) is 16.4. The monoisotopic (exact) mass is 391 g/mol. The molecule has 4 rings (SSSR count). The Morgan fingerprint density at radius 1 is 1.14 bits per heavy atom. The number of nitrogens with one attached hydrogen (secondary N) is 1. The normalized spacial score (nSPS) is 14.4. The first-order chi connectivity index (χ1) is 13.9. The summed E-state index contributed by atoms with van der Waals surface area (Å²) in [6.07, 6.45) is 2.05. The van der Waals surface area contributed by atoms with Crippen LogP contribution in [0.3, 0.4) is 0 Å². The quantitative estimate of drug-likeness (QED) is 0.718. The molecule has 29 heavy (non-hydrogen) atoms. The van der Waals surface area contributed by atoms with Crippen LogP contribution in [0.1, 0.15) is 46.2 Å². The molecular formula is C23H22FN3O2. The van der Waals surface area contributed by atoms with E-state index in [1.165, 1.54) is 16.8 Å². The Balaban J connectivity index is 1.68. The van der Waals surface area contributed by atoms with Crippen LogP contribution in [0.2, 0.25) is 0 Å². The fraction of sp³-hybridized carbons (Fsp3) is 0.261. The molecule has 0 aliphatic heterocycles. The fourth-order valence-corrected chi connectivity index (χ4v) is 3.46. The van der Waals surface area contributed by atoms with E-state index in [2.05, 4.69) is 10.4 Å². The summed E-state index contributed by atoms with van der Waals surface area (Å²) in [6.45, 7) is 3.66. The van der Waals surface area contributed by atoms with Crippen molar-refractivity contribution in [3.63, 3.8) is 0 Å². The Bertz CT molecular complexity index is 1120. The zero-order valence-corrected chi connectivity index (χ0v) is 16.4. The lowest BCUT2D eigenvalue weighted by molar-refractivity contribution is 0.0923. The molecule has 2 aromatic carbocycles. The minimum atomic E-state index is -0.544. The first-order valence-electron chi connectivity index (χ1n) is 9.67. The van der Waals surface area contributed by atoms with Gasteiger partial charge in [0, 0.05) is 11.8 Å². The van der Waals surface area contributed by atoms with Gasteiger partial charge in [0.1, 0.15) is 11.5 Å². The van der Waals surface area contributed by atoms with Gasteiger partial charge in [-0.3, -0.25) is 9.59 Å². The van der Waals surface area contributed by atoms with E-state index in [4.69, 9.17) is 0 Å². The predicted octanol–water partition coefficient (Wildman–Crippen LogP) is 3.87. The lowest BCUT2D eigenvalue weighted by atomic mass is 10.0. The highest BCUT2D eigenvalue weighted by atomic mass is 19.1. The van der Waals surface area contributed by atoms with Gasteiger partial charge in [-0.05, 0) is 50.3 Å². The van der Waals surface area contributed by atoms with Crippen LogP contribution >= 0.6 is 0 Å². The van der Waals surface area contributed by atoms with Gasteiger partial charge in [-0.1, -0.05) is 42.0 Å². The SMILES string of the molecule is Cc1ccc(C(NC(=O)c2nn(-c3ccccc3F)c(C)cc2=O)C2CC2)cc1. The molecule has 1 aromatic heterocycles. The summed E-state index contributed by atoms with van der Waals surface area (Å²) in [4.78, 5) is 25.4. The van der Waals surface area contributed by atoms with Crippen molar-refractivity contribution in [3.8, 4) is 5.69 Å². The van der Waals surface area contributed by atoms with Gasteiger partial charge in [0.2, 0.25) is 5.43 Å². The van der Waals surface area contributed by atoms with Crippen LogP contribution in [-0.2, 0) is 0 Å². The predicted molar refractivity (Wildman–Crippen MR) is 109 cm³/mol. The molecule has 1 aliphatic carbocycles. The van der Waals surface area contributed by atoms with Gasteiger partial charge in [0.15, 0.2) is 5.69 Å². The molecule has 1 aliphatic rings. The van der Waals surface area contributed by atoms with Crippen LogP contribution in [0.15, 0.2) is 59.4 Å². The molecule has 0 radical (unpaired) electrons. The largest absolute Gasteiger partial charge is 0.343 e. The summed E-state index contributed by atoms with van der Waals surface area (Å²) in [5.41, 5.74) is 2.07. The van der Waals surface area contributed by atoms with Crippen molar-refractivity contribution in [2.24, 2.45) is 5.92 Å². The molecule has 1 unspecified atom stereocenters. The van der Waals surface area contributed by atoms with E-state index in [0.29, 0.717) is 11.6 Å². The van der Waals surface area contributed by atoms with Crippen LogP contribution in [0.5, 0.6) is 0 Å². The lowest BCUT2D eigenvalue weighted by Gasteiger charge is -2.19. The van der Waals surface area contributed by atoms with Crippen molar-refractivity contribution in [1.29, 1.82) is 0 Å². The number of aryl methyl sites for hydroxylation is 2. The second-order valence-corrected chi connectivity index (χ2v) is 7.56. The molecule has 0 saturated heterocycles. The minimum Gasteiger partial charge on any atom is -0.343 e. The summed E-state index contributed by atoms with van der Waals surface area (Å²) in [5.74, 6) is -0.674. The van der Waals surface area contributed by atoms with E-state index >= 15 is 0 Å². The highest BCUT2D eigenvalue weighted by Gasteiger charge is 2.34. The molecule has 1 saturated carbocycles. The number of amides is 1. The number of hydrogen-bond acceptors (Lipinski definition) is 3. The van der Waals surface area contributed by atoms with Crippen LogP contribution in [0.4, 0.5) is 4.39 Å². The van der Waals surface area contributed by atoms with Crippen molar-refractivity contribution in [2.45, 2.75) is 32.7 Å². The molecule has 1 fully saturated rings. The van der Waals surface area contributed by atoms with Gasteiger partial charge in [0.25, 0.3) is 5.91 Å². The van der Waals surface area contributed by atoms with E-state index < -0.39 is 17.2 Å². The van der Waals surface area contributed by atoms with Gasteiger partial charge >= 0.3 is 0 Å². The van der Waals surface area contributed by atoms with Crippen LogP contribution in [0.25, 0.3) is 5.69 Å². The molecule has 148 valence electrons. The van der Waals surface area contributed by atoms with Crippen LogP contribution in [-0.4, -0.2) is 15.7 Å². The average molecular weight is 391 g/mol. The summed E-state index contributed by atoms with van der Waals surface area (Å²) < 4.78 is 15.5. The second kappa shape index (κ2) is 7.62.